The van der Waals surface area contributed by atoms with Crippen LogP contribution in [0.2, 0.25) is 0 Å². The second-order valence-corrected chi connectivity index (χ2v) is 8.89. The number of methoxy groups -OCH3 is 1. The molecule has 4 aromatic rings. The van der Waals surface area contributed by atoms with Crippen molar-refractivity contribution in [1.29, 1.82) is 0 Å². The first-order valence-electron chi connectivity index (χ1n) is 11.6. The number of carbonyl (C=O) groups excluding carboxylic acids is 1. The number of nitrogens with zero attached hydrogens (tertiary/aromatic N) is 7. The molecule has 2 N–H and O–H groups in total. The second-order valence-electron chi connectivity index (χ2n) is 8.89. The van der Waals surface area contributed by atoms with Gasteiger partial charge in [-0.05, 0) is 36.6 Å². The molecule has 1 aliphatic heterocycles. The quantitative estimate of drug-likeness (QED) is 0.322. The van der Waals surface area contributed by atoms with Gasteiger partial charge in [-0.3, -0.25) is 4.79 Å². The van der Waals surface area contributed by atoms with Crippen LogP contribution in [0.5, 0.6) is 0 Å². The van der Waals surface area contributed by atoms with E-state index in [0.717, 1.165) is 4.57 Å². The topological polar surface area (TPSA) is 117 Å². The molecular weight excluding hydrogens is 501 g/mol. The summed E-state index contributed by atoms with van der Waals surface area (Å²) in [4.78, 5) is 26.3. The summed E-state index contributed by atoms with van der Waals surface area (Å²) in [7, 11) is 2.88. The van der Waals surface area contributed by atoms with Crippen molar-refractivity contribution in [2.24, 2.45) is 7.05 Å². The highest BCUT2D eigenvalue weighted by Gasteiger charge is 2.38. The minimum Gasteiger partial charge on any atom is -0.383 e. The van der Waals surface area contributed by atoms with E-state index < -0.39 is 12.0 Å². The lowest BCUT2D eigenvalue weighted by molar-refractivity contribution is -0.146. The Kier molecular flexibility index (Phi) is 6.28. The lowest BCUT2D eigenvalue weighted by Crippen LogP contribution is -2.37. The summed E-state index contributed by atoms with van der Waals surface area (Å²) in [5, 5.41) is 5.12. The van der Waals surface area contributed by atoms with Gasteiger partial charge in [0.15, 0.2) is 5.65 Å². The fraction of sp³-hybridized carbons (Fsp3) is 0.320. The van der Waals surface area contributed by atoms with Gasteiger partial charge in [-0.1, -0.05) is 12.5 Å². The van der Waals surface area contributed by atoms with E-state index in [2.05, 4.69) is 38.5 Å². The van der Waals surface area contributed by atoms with Crippen molar-refractivity contribution in [3.63, 3.8) is 0 Å². The number of anilines is 1. The number of fused-ring (bicyclic) bond motifs is 2. The van der Waals surface area contributed by atoms with E-state index >= 15 is 0 Å². The molecule has 3 aromatic heterocycles. The van der Waals surface area contributed by atoms with Gasteiger partial charge < -0.3 is 19.9 Å². The molecule has 1 aliphatic rings. The summed E-state index contributed by atoms with van der Waals surface area (Å²) in [5.41, 5.74) is 7.89. The zero-order valence-electron chi connectivity index (χ0n) is 20.5. The smallest absolute Gasteiger partial charge is 0.383 e. The largest absolute Gasteiger partial charge is 0.449 e. The summed E-state index contributed by atoms with van der Waals surface area (Å²) in [6.07, 6.45) is -1.41. The molecule has 0 radical (unpaired) electrons. The number of ether oxygens (including phenoxy) is 1. The third-order valence-corrected chi connectivity index (χ3v) is 6.53. The van der Waals surface area contributed by atoms with Crippen molar-refractivity contribution in [1.82, 2.24) is 34.2 Å². The van der Waals surface area contributed by atoms with Gasteiger partial charge in [0.05, 0.1) is 35.1 Å². The number of likely N-dealkylation sites (tertiary alicyclic amines) is 1. The van der Waals surface area contributed by atoms with Crippen LogP contribution in [0.15, 0.2) is 37.2 Å². The lowest BCUT2D eigenvalue weighted by Gasteiger charge is -2.22. The van der Waals surface area contributed by atoms with Crippen molar-refractivity contribution in [3.05, 3.63) is 54.3 Å². The molecule has 4 heterocycles. The van der Waals surface area contributed by atoms with E-state index in [1.807, 2.05) is 0 Å². The van der Waals surface area contributed by atoms with Gasteiger partial charge in [-0.15, -0.1) is 0 Å². The molecule has 1 aromatic carbocycles. The fourth-order valence-corrected chi connectivity index (χ4v) is 4.81. The highest BCUT2D eigenvalue weighted by atomic mass is 19.4. The Bertz CT molecular complexity index is 1630. The number of halogens is 3. The number of aryl methyl sites for hydroxylation is 1. The number of nitrogens with two attached hydrogens (primary N) is 1. The molecule has 0 spiro atoms. The van der Waals surface area contributed by atoms with Crippen molar-refractivity contribution in [2.45, 2.75) is 24.7 Å². The average Bonchev–Trinajstić information content (AvgIpc) is 3.56. The second kappa shape index (κ2) is 9.46. The van der Waals surface area contributed by atoms with Crippen LogP contribution >= 0.6 is 0 Å². The van der Waals surface area contributed by atoms with Crippen molar-refractivity contribution >= 4 is 33.8 Å². The molecule has 0 bridgehead atoms. The number of carbonyl (C=O) groups is 1. The third-order valence-electron chi connectivity index (χ3n) is 6.53. The molecule has 10 nitrogen and oxygen atoms in total. The van der Waals surface area contributed by atoms with Crippen LogP contribution < -0.4 is 5.73 Å². The van der Waals surface area contributed by atoms with Gasteiger partial charge in [0.2, 0.25) is 11.7 Å². The molecule has 13 heteroatoms. The number of nitrogen functional groups attached to an aromatic ring is 1. The number of benzene rings is 1. The number of hydrogen-bond donors (Lipinski definition) is 1. The van der Waals surface area contributed by atoms with Crippen molar-refractivity contribution in [2.75, 3.05) is 26.0 Å². The lowest BCUT2D eigenvalue weighted by atomic mass is 10.2. The van der Waals surface area contributed by atoms with Gasteiger partial charge in [0.1, 0.15) is 17.8 Å². The van der Waals surface area contributed by atoms with Crippen LogP contribution in [0.25, 0.3) is 22.1 Å². The molecular formula is C25H23F3N8O2. The van der Waals surface area contributed by atoms with Gasteiger partial charge in [0, 0.05) is 26.3 Å². The Labute approximate surface area is 214 Å². The SMILES string of the molecule is C=CC(=O)N1C[C@@H](n2nc(C#Cc3ccc4c(c3)nc(C(F)(F)F)n4C)c3c(N)ncnc32)C[C@@H]1COC. The molecule has 0 unspecified atom stereocenters. The number of rotatable bonds is 4. The third kappa shape index (κ3) is 4.32. The zero-order valence-corrected chi connectivity index (χ0v) is 20.5. The van der Waals surface area contributed by atoms with Crippen LogP contribution in [0.1, 0.15) is 29.5 Å². The summed E-state index contributed by atoms with van der Waals surface area (Å²) in [5.74, 6) is 4.90. The van der Waals surface area contributed by atoms with Crippen LogP contribution in [-0.2, 0) is 22.8 Å². The molecule has 1 amide bonds. The van der Waals surface area contributed by atoms with Gasteiger partial charge in [-0.25, -0.2) is 19.6 Å². The summed E-state index contributed by atoms with van der Waals surface area (Å²) >= 11 is 0. The first kappa shape index (κ1) is 25.2. The summed E-state index contributed by atoms with van der Waals surface area (Å²) in [6.45, 7) is 4.30. The maximum absolute atomic E-state index is 13.3. The molecule has 1 fully saturated rings. The molecule has 38 heavy (non-hydrogen) atoms. The number of imidazole rings is 1. The molecule has 2 atom stereocenters. The summed E-state index contributed by atoms with van der Waals surface area (Å²) < 4.78 is 47.7. The van der Waals surface area contributed by atoms with E-state index in [4.69, 9.17) is 10.5 Å². The Hall–Kier alpha value is -4.44. The standard InChI is InChI=1S/C25H23F3N8O2/c1-4-20(37)35-11-15(10-16(35)12-38-3)36-23-21(22(29)30-13-31-23)17(33-36)7-5-14-6-8-19-18(9-14)32-24(34(19)2)25(26,27)28/h4,6,8-9,13,15-16H,1,10-12H2,2-3H3,(H2,29,30,31)/t15-,16+/m0/s1. The molecule has 196 valence electrons. The Morgan fingerprint density at radius 2 is 2.11 bits per heavy atom. The molecule has 0 saturated carbocycles. The predicted octanol–water partition coefficient (Wildman–Crippen LogP) is 2.69. The monoisotopic (exact) mass is 524 g/mol. The molecule has 1 saturated heterocycles. The highest BCUT2D eigenvalue weighted by molar-refractivity contribution is 5.91. The van der Waals surface area contributed by atoms with Crippen LogP contribution in [0, 0.1) is 11.8 Å². The number of alkyl halides is 3. The summed E-state index contributed by atoms with van der Waals surface area (Å²) in [6, 6.07) is 4.24. The normalized spacial score (nSPS) is 17.7. The van der Waals surface area contributed by atoms with Gasteiger partial charge in [-0.2, -0.15) is 18.3 Å². The van der Waals surface area contributed by atoms with E-state index in [0.29, 0.717) is 47.4 Å². The van der Waals surface area contributed by atoms with E-state index in [9.17, 15) is 18.0 Å². The van der Waals surface area contributed by atoms with Crippen LogP contribution in [0.4, 0.5) is 19.0 Å². The van der Waals surface area contributed by atoms with Gasteiger partial charge >= 0.3 is 6.18 Å². The van der Waals surface area contributed by atoms with Crippen LogP contribution in [0.3, 0.4) is 0 Å². The van der Waals surface area contributed by atoms with Crippen molar-refractivity contribution < 1.29 is 22.7 Å². The molecule has 5 rings (SSSR count). The van der Waals surface area contributed by atoms with E-state index in [1.54, 1.807) is 22.8 Å². The number of amides is 1. The maximum Gasteiger partial charge on any atom is 0.449 e. The molecule has 0 aliphatic carbocycles. The fourth-order valence-electron chi connectivity index (χ4n) is 4.81. The van der Waals surface area contributed by atoms with E-state index in [-0.39, 0.29) is 29.3 Å². The Morgan fingerprint density at radius 3 is 2.82 bits per heavy atom. The number of aromatic nitrogens is 6. The van der Waals surface area contributed by atoms with Crippen LogP contribution in [-0.4, -0.2) is 66.4 Å². The average molecular weight is 525 g/mol. The minimum absolute atomic E-state index is 0.171. The highest BCUT2D eigenvalue weighted by Crippen LogP contribution is 2.33. The zero-order chi connectivity index (χ0) is 27.2. The predicted molar refractivity (Wildman–Crippen MR) is 133 cm³/mol. The van der Waals surface area contributed by atoms with E-state index in [1.165, 1.54) is 31.6 Å². The first-order valence-corrected chi connectivity index (χ1v) is 11.6. The Balaban J connectivity index is 1.54. The number of hydrogen-bond acceptors (Lipinski definition) is 7. The maximum atomic E-state index is 13.3. The minimum atomic E-state index is -4.57. The van der Waals surface area contributed by atoms with Crippen molar-refractivity contribution in [3.8, 4) is 11.8 Å². The first-order chi connectivity index (χ1) is 18.1. The van der Waals surface area contributed by atoms with Gasteiger partial charge in [0.25, 0.3) is 0 Å². The Morgan fingerprint density at radius 1 is 1.32 bits per heavy atom.